The molecule has 1 aliphatic rings. The van der Waals surface area contributed by atoms with E-state index in [-0.39, 0.29) is 29.6 Å². The molecule has 3 N–H and O–H groups in total. The number of hydrogen-bond acceptors (Lipinski definition) is 7. The number of furan rings is 1. The second-order valence-corrected chi connectivity index (χ2v) is 7.67. The predicted octanol–water partition coefficient (Wildman–Crippen LogP) is 3.59. The number of fused-ring (bicyclic) bond motifs is 1. The normalized spacial score (nSPS) is 14.7. The van der Waals surface area contributed by atoms with Crippen LogP contribution in [0.4, 0.5) is 0 Å². The molecule has 2 aromatic heterocycles. The number of rotatable bonds is 6. The summed E-state index contributed by atoms with van der Waals surface area (Å²) in [7, 11) is 0. The summed E-state index contributed by atoms with van der Waals surface area (Å²) in [5.74, 6) is -0.242. The van der Waals surface area contributed by atoms with Crippen molar-refractivity contribution in [2.45, 2.75) is 38.3 Å². The van der Waals surface area contributed by atoms with Gasteiger partial charge in [0.05, 0.1) is 12.1 Å². The number of carbonyl (C=O) groups excluding carboxylic acids is 2. The summed E-state index contributed by atoms with van der Waals surface area (Å²) in [6.45, 7) is 0.0758. The van der Waals surface area contributed by atoms with Crippen LogP contribution in [-0.4, -0.2) is 27.9 Å². The Bertz CT molecular complexity index is 1140. The highest BCUT2D eigenvalue weighted by Crippen LogP contribution is 2.30. The SMILES string of the molecule is N/C=C(/C(=O)NCc1cc2cc(Cl)cc(C(=O)OC3CCCC3)c2o1)c1ncccn1. The topological polar surface area (TPSA) is 120 Å². The lowest BCUT2D eigenvalue weighted by Gasteiger charge is -2.11. The van der Waals surface area contributed by atoms with Crippen LogP contribution in [0.1, 0.15) is 47.6 Å². The van der Waals surface area contributed by atoms with E-state index in [1.165, 1.54) is 18.5 Å². The summed E-state index contributed by atoms with van der Waals surface area (Å²) < 4.78 is 11.5. The molecule has 0 bridgehead atoms. The van der Waals surface area contributed by atoms with Gasteiger partial charge >= 0.3 is 5.97 Å². The van der Waals surface area contributed by atoms with Gasteiger partial charge in [0.25, 0.3) is 5.91 Å². The number of halogens is 1. The molecular formula is C22H21ClN4O4. The Kier molecular flexibility index (Phi) is 6.18. The molecule has 8 nitrogen and oxygen atoms in total. The van der Waals surface area contributed by atoms with Crippen LogP contribution in [-0.2, 0) is 16.1 Å². The van der Waals surface area contributed by atoms with Crippen LogP contribution in [0.5, 0.6) is 0 Å². The summed E-state index contributed by atoms with van der Waals surface area (Å²) in [4.78, 5) is 33.3. The highest BCUT2D eigenvalue weighted by atomic mass is 35.5. The van der Waals surface area contributed by atoms with E-state index in [1.807, 2.05) is 0 Å². The van der Waals surface area contributed by atoms with Crippen molar-refractivity contribution in [3.63, 3.8) is 0 Å². The van der Waals surface area contributed by atoms with E-state index in [0.29, 0.717) is 21.8 Å². The maximum atomic E-state index is 12.7. The first-order valence-electron chi connectivity index (χ1n) is 9.95. The summed E-state index contributed by atoms with van der Waals surface area (Å²) in [6.07, 6.45) is 7.97. The second-order valence-electron chi connectivity index (χ2n) is 7.23. The van der Waals surface area contributed by atoms with E-state index >= 15 is 0 Å². The molecule has 1 aromatic carbocycles. The van der Waals surface area contributed by atoms with Crippen LogP contribution in [0.2, 0.25) is 5.02 Å². The quantitative estimate of drug-likeness (QED) is 0.443. The number of nitrogens with two attached hydrogens (primary N) is 1. The average Bonchev–Trinajstić information content (AvgIpc) is 3.42. The molecule has 4 rings (SSSR count). The minimum absolute atomic E-state index is 0.0723. The van der Waals surface area contributed by atoms with E-state index in [9.17, 15) is 9.59 Å². The molecule has 160 valence electrons. The standard InChI is InChI=1S/C22H21ClN4O4/c23-14-8-13-9-16(12-27-21(28)18(11-24)20-25-6-3-7-26-20)30-19(13)17(10-14)22(29)31-15-4-1-2-5-15/h3,6-11,15H,1-2,4-5,12,24H2,(H,27,28)/b18-11+. The fourth-order valence-corrected chi connectivity index (χ4v) is 3.81. The third-order valence-corrected chi connectivity index (χ3v) is 5.29. The fraction of sp³-hybridized carbons (Fsp3) is 0.273. The molecule has 0 spiro atoms. The maximum Gasteiger partial charge on any atom is 0.342 e. The average molecular weight is 441 g/mol. The van der Waals surface area contributed by atoms with Crippen molar-refractivity contribution in [3.05, 3.63) is 65.0 Å². The number of ether oxygens (including phenoxy) is 1. The van der Waals surface area contributed by atoms with Crippen molar-refractivity contribution in [1.82, 2.24) is 15.3 Å². The molecule has 0 atom stereocenters. The van der Waals surface area contributed by atoms with Crippen LogP contribution in [0.25, 0.3) is 16.5 Å². The number of nitrogens with one attached hydrogen (secondary N) is 1. The molecule has 1 fully saturated rings. The minimum atomic E-state index is -0.459. The van der Waals surface area contributed by atoms with Gasteiger partial charge in [-0.05, 0) is 49.9 Å². The van der Waals surface area contributed by atoms with E-state index < -0.39 is 11.9 Å². The van der Waals surface area contributed by atoms with Crippen molar-refractivity contribution in [3.8, 4) is 0 Å². The zero-order chi connectivity index (χ0) is 21.8. The molecule has 9 heteroatoms. The van der Waals surface area contributed by atoms with Gasteiger partial charge in [-0.3, -0.25) is 4.79 Å². The van der Waals surface area contributed by atoms with Crippen molar-refractivity contribution in [1.29, 1.82) is 0 Å². The molecule has 2 heterocycles. The molecule has 0 unspecified atom stereocenters. The first-order valence-corrected chi connectivity index (χ1v) is 10.3. The molecule has 1 aliphatic carbocycles. The largest absolute Gasteiger partial charge is 0.459 e. The lowest BCUT2D eigenvalue weighted by Crippen LogP contribution is -2.25. The first kappa shape index (κ1) is 20.9. The smallest absolute Gasteiger partial charge is 0.342 e. The third kappa shape index (κ3) is 4.69. The van der Waals surface area contributed by atoms with Crippen molar-refractivity contribution >= 4 is 40.0 Å². The highest BCUT2D eigenvalue weighted by Gasteiger charge is 2.23. The van der Waals surface area contributed by atoms with E-state index in [0.717, 1.165) is 31.9 Å². The van der Waals surface area contributed by atoms with Crippen LogP contribution < -0.4 is 11.1 Å². The number of amides is 1. The van der Waals surface area contributed by atoms with Crippen LogP contribution in [0.3, 0.4) is 0 Å². The number of aromatic nitrogens is 2. The number of esters is 1. The van der Waals surface area contributed by atoms with Crippen molar-refractivity contribution in [2.75, 3.05) is 0 Å². The zero-order valence-corrected chi connectivity index (χ0v) is 17.4. The summed E-state index contributed by atoms with van der Waals surface area (Å²) in [5, 5.41) is 3.77. The highest BCUT2D eigenvalue weighted by molar-refractivity contribution is 6.32. The molecule has 31 heavy (non-hydrogen) atoms. The van der Waals surface area contributed by atoms with Gasteiger partial charge in [0, 0.05) is 29.0 Å². The van der Waals surface area contributed by atoms with Gasteiger partial charge < -0.3 is 20.2 Å². The number of hydrogen-bond donors (Lipinski definition) is 2. The van der Waals surface area contributed by atoms with Gasteiger partial charge in [-0.15, -0.1) is 0 Å². The molecule has 0 radical (unpaired) electrons. The molecule has 0 saturated heterocycles. The Morgan fingerprint density at radius 1 is 1.23 bits per heavy atom. The van der Waals surface area contributed by atoms with E-state index in [2.05, 4.69) is 15.3 Å². The molecule has 3 aromatic rings. The summed E-state index contributed by atoms with van der Waals surface area (Å²) in [6, 6.07) is 6.60. The fourth-order valence-electron chi connectivity index (χ4n) is 3.58. The Labute approximate surface area is 183 Å². The second kappa shape index (κ2) is 9.18. The van der Waals surface area contributed by atoms with Crippen LogP contribution in [0, 0.1) is 0 Å². The van der Waals surface area contributed by atoms with Gasteiger partial charge in [-0.2, -0.15) is 0 Å². The van der Waals surface area contributed by atoms with Crippen LogP contribution in [0.15, 0.2) is 47.3 Å². The maximum absolute atomic E-state index is 12.7. The van der Waals surface area contributed by atoms with Gasteiger partial charge in [-0.1, -0.05) is 11.6 Å². The van der Waals surface area contributed by atoms with Crippen LogP contribution >= 0.6 is 11.6 Å². The first-order chi connectivity index (χ1) is 15.0. The van der Waals surface area contributed by atoms with E-state index in [4.69, 9.17) is 26.5 Å². The predicted molar refractivity (Wildman–Crippen MR) is 115 cm³/mol. The molecule has 1 saturated carbocycles. The minimum Gasteiger partial charge on any atom is -0.459 e. The Morgan fingerprint density at radius 2 is 1.97 bits per heavy atom. The van der Waals surface area contributed by atoms with Gasteiger partial charge in [0.15, 0.2) is 5.82 Å². The monoisotopic (exact) mass is 440 g/mol. The number of carbonyl (C=O) groups is 2. The van der Waals surface area contributed by atoms with Crippen molar-refractivity contribution in [2.24, 2.45) is 5.73 Å². The van der Waals surface area contributed by atoms with Gasteiger partial charge in [-0.25, -0.2) is 14.8 Å². The third-order valence-electron chi connectivity index (χ3n) is 5.07. The number of benzene rings is 1. The lowest BCUT2D eigenvalue weighted by molar-refractivity contribution is -0.115. The molecular weight excluding hydrogens is 420 g/mol. The lowest BCUT2D eigenvalue weighted by atomic mass is 10.1. The summed E-state index contributed by atoms with van der Waals surface area (Å²) >= 11 is 6.20. The van der Waals surface area contributed by atoms with E-state index in [1.54, 1.807) is 18.2 Å². The zero-order valence-electron chi connectivity index (χ0n) is 16.6. The van der Waals surface area contributed by atoms with Gasteiger partial charge in [0.2, 0.25) is 0 Å². The summed E-state index contributed by atoms with van der Waals surface area (Å²) in [5.41, 5.74) is 6.36. The Morgan fingerprint density at radius 3 is 2.68 bits per heavy atom. The molecule has 1 amide bonds. The molecule has 0 aliphatic heterocycles. The Hall–Kier alpha value is -3.39. The Balaban J connectivity index is 1.51. The van der Waals surface area contributed by atoms with Crippen molar-refractivity contribution < 1.29 is 18.7 Å². The van der Waals surface area contributed by atoms with Gasteiger partial charge in [0.1, 0.15) is 23.0 Å². The number of nitrogens with zero attached hydrogens (tertiary/aromatic N) is 2.